The van der Waals surface area contributed by atoms with Gasteiger partial charge in [-0.15, -0.1) is 0 Å². The summed E-state index contributed by atoms with van der Waals surface area (Å²) in [6.07, 6.45) is 4.75. The molecule has 3 aromatic rings. The van der Waals surface area contributed by atoms with E-state index < -0.39 is 12.0 Å². The molecule has 6 nitrogen and oxygen atoms in total. The molecule has 8 heteroatoms. The van der Waals surface area contributed by atoms with Crippen LogP contribution in [0, 0.1) is 0 Å². The number of aryl methyl sites for hydroxylation is 1. The van der Waals surface area contributed by atoms with Crippen LogP contribution in [0.1, 0.15) is 34.5 Å². The van der Waals surface area contributed by atoms with Gasteiger partial charge in [-0.2, -0.15) is 0 Å². The van der Waals surface area contributed by atoms with Crippen molar-refractivity contribution in [3.8, 4) is 5.75 Å². The highest BCUT2D eigenvalue weighted by atomic mass is 79.9. The number of carbonyl (C=O) groups is 1. The number of hydrogen-bond acceptors (Lipinski definition) is 4. The van der Waals surface area contributed by atoms with E-state index in [4.69, 9.17) is 10.5 Å². The lowest BCUT2D eigenvalue weighted by Crippen LogP contribution is -2.15. The lowest BCUT2D eigenvalue weighted by molar-refractivity contribution is 0.0995. The van der Waals surface area contributed by atoms with Crippen LogP contribution in [-0.4, -0.2) is 26.7 Å². The van der Waals surface area contributed by atoms with Crippen LogP contribution in [0.15, 0.2) is 63.9 Å². The molecule has 0 aliphatic carbocycles. The zero-order chi connectivity index (χ0) is 21.5. The molecule has 1 heterocycles. The molecule has 3 rings (SSSR count). The topological polar surface area (TPSA) is 90.4 Å². The molecule has 0 aliphatic rings. The number of ether oxygens (including phenoxy) is 1. The fraction of sp³-hybridized carbons (Fsp3) is 0.273. The number of aliphatic hydroxyl groups excluding tert-OH is 1. The van der Waals surface area contributed by atoms with Crippen molar-refractivity contribution < 1.29 is 14.6 Å². The van der Waals surface area contributed by atoms with E-state index in [1.54, 1.807) is 10.8 Å². The molecule has 0 aliphatic heterocycles. The number of aromatic nitrogens is 2. The predicted octanol–water partition coefficient (Wildman–Crippen LogP) is 4.47. The normalized spacial score (nSPS) is 12.0. The van der Waals surface area contributed by atoms with Crippen LogP contribution < -0.4 is 10.5 Å². The van der Waals surface area contributed by atoms with E-state index in [0.29, 0.717) is 19.6 Å². The quantitative estimate of drug-likeness (QED) is 0.400. The summed E-state index contributed by atoms with van der Waals surface area (Å²) in [5.41, 5.74) is 7.57. The molecular weight excluding hydrogens is 514 g/mol. The summed E-state index contributed by atoms with van der Waals surface area (Å²) in [5, 5.41) is 10.3. The smallest absolute Gasteiger partial charge is 0.268 e. The van der Waals surface area contributed by atoms with E-state index in [1.165, 1.54) is 6.33 Å². The van der Waals surface area contributed by atoms with E-state index in [9.17, 15) is 9.90 Å². The van der Waals surface area contributed by atoms with Crippen LogP contribution >= 0.6 is 31.9 Å². The molecular formula is C22H23Br2N3O3. The average molecular weight is 537 g/mol. The maximum atomic E-state index is 11.1. The van der Waals surface area contributed by atoms with Gasteiger partial charge < -0.3 is 20.1 Å². The Morgan fingerprint density at radius 3 is 2.63 bits per heavy atom. The number of carbonyl (C=O) groups excluding carboxylic acids is 1. The fourth-order valence-electron chi connectivity index (χ4n) is 3.16. The van der Waals surface area contributed by atoms with Crippen LogP contribution in [0.3, 0.4) is 0 Å². The van der Waals surface area contributed by atoms with Gasteiger partial charge in [-0.05, 0) is 54.7 Å². The van der Waals surface area contributed by atoms with Crippen molar-refractivity contribution in [1.82, 2.24) is 9.55 Å². The Bertz CT molecular complexity index is 987. The molecule has 158 valence electrons. The summed E-state index contributed by atoms with van der Waals surface area (Å²) in [5.74, 6) is 0.277. The third-order valence-electron chi connectivity index (χ3n) is 4.58. The first-order chi connectivity index (χ1) is 14.4. The Morgan fingerprint density at radius 1 is 1.20 bits per heavy atom. The van der Waals surface area contributed by atoms with Gasteiger partial charge in [-0.3, -0.25) is 4.79 Å². The number of amides is 1. The number of primary amides is 1. The van der Waals surface area contributed by atoms with Gasteiger partial charge in [-0.1, -0.05) is 50.1 Å². The molecule has 1 amide bonds. The molecule has 0 saturated carbocycles. The largest absolute Gasteiger partial charge is 0.489 e. The minimum atomic E-state index is -0.574. The molecule has 3 N–H and O–H groups in total. The number of nitrogens with two attached hydrogens (primary N) is 1. The highest BCUT2D eigenvalue weighted by Crippen LogP contribution is 2.24. The SMILES string of the molecule is NC(=O)c1cn(C[C@@H](O)CCCc2ccccc2OCc2cc(Br)cc(Br)c2)cn1. The summed E-state index contributed by atoms with van der Waals surface area (Å²) < 4.78 is 9.73. The Kier molecular flexibility index (Phi) is 8.07. The van der Waals surface area contributed by atoms with Gasteiger partial charge in [0.1, 0.15) is 18.1 Å². The fourth-order valence-corrected chi connectivity index (χ4v) is 4.55. The van der Waals surface area contributed by atoms with Gasteiger partial charge in [0.15, 0.2) is 0 Å². The first-order valence-electron chi connectivity index (χ1n) is 9.56. The van der Waals surface area contributed by atoms with Crippen molar-refractivity contribution in [2.45, 2.75) is 38.5 Å². The number of nitrogens with zero attached hydrogens (tertiary/aromatic N) is 2. The summed E-state index contributed by atoms with van der Waals surface area (Å²) in [6.45, 7) is 0.844. The molecule has 0 fully saturated rings. The van der Waals surface area contributed by atoms with Crippen molar-refractivity contribution >= 4 is 37.8 Å². The van der Waals surface area contributed by atoms with Gasteiger partial charge in [0.2, 0.25) is 0 Å². The number of benzene rings is 2. The minimum Gasteiger partial charge on any atom is -0.489 e. The molecule has 1 atom stereocenters. The van der Waals surface area contributed by atoms with Gasteiger partial charge in [-0.25, -0.2) is 4.98 Å². The van der Waals surface area contributed by atoms with E-state index in [-0.39, 0.29) is 5.69 Å². The third-order valence-corrected chi connectivity index (χ3v) is 5.50. The molecule has 0 unspecified atom stereocenters. The maximum Gasteiger partial charge on any atom is 0.268 e. The lowest BCUT2D eigenvalue weighted by atomic mass is 10.0. The number of imidazole rings is 1. The zero-order valence-corrected chi connectivity index (χ0v) is 19.5. The summed E-state index contributed by atoms with van der Waals surface area (Å²) in [7, 11) is 0. The summed E-state index contributed by atoms with van der Waals surface area (Å²) >= 11 is 6.99. The van der Waals surface area contributed by atoms with E-state index in [0.717, 1.165) is 38.7 Å². The minimum absolute atomic E-state index is 0.200. The second kappa shape index (κ2) is 10.7. The van der Waals surface area contributed by atoms with E-state index >= 15 is 0 Å². The molecule has 30 heavy (non-hydrogen) atoms. The maximum absolute atomic E-state index is 11.1. The molecule has 0 bridgehead atoms. The Hall–Kier alpha value is -2.16. The first-order valence-corrected chi connectivity index (χ1v) is 11.1. The van der Waals surface area contributed by atoms with Crippen molar-refractivity contribution in [2.24, 2.45) is 5.73 Å². The summed E-state index contributed by atoms with van der Waals surface area (Å²) in [6, 6.07) is 14.0. The van der Waals surface area contributed by atoms with Gasteiger partial charge in [0.25, 0.3) is 5.91 Å². The molecule has 0 spiro atoms. The van der Waals surface area contributed by atoms with E-state index in [2.05, 4.69) is 36.8 Å². The Morgan fingerprint density at radius 2 is 1.93 bits per heavy atom. The highest BCUT2D eigenvalue weighted by Gasteiger charge is 2.10. The number of para-hydroxylation sites is 1. The van der Waals surface area contributed by atoms with Crippen molar-refractivity contribution in [2.75, 3.05) is 0 Å². The van der Waals surface area contributed by atoms with Crippen LogP contribution in [0.4, 0.5) is 0 Å². The van der Waals surface area contributed by atoms with Crippen molar-refractivity contribution in [1.29, 1.82) is 0 Å². The summed E-state index contributed by atoms with van der Waals surface area (Å²) in [4.78, 5) is 15.0. The second-order valence-electron chi connectivity index (χ2n) is 7.04. The number of hydrogen-bond donors (Lipinski definition) is 2. The molecule has 0 saturated heterocycles. The van der Waals surface area contributed by atoms with Crippen LogP contribution in [0.5, 0.6) is 5.75 Å². The standard InChI is InChI=1S/C22H23Br2N3O3/c23-17-8-15(9-18(24)10-17)13-30-21-7-2-1-4-16(21)5-3-6-19(28)11-27-12-20(22(25)29)26-14-27/h1-2,4,7-10,12,14,19,28H,3,5-6,11,13H2,(H2,25,29)/t19-/m0/s1. The second-order valence-corrected chi connectivity index (χ2v) is 8.87. The molecule has 0 radical (unpaired) electrons. The van der Waals surface area contributed by atoms with Crippen LogP contribution in [0.2, 0.25) is 0 Å². The third kappa shape index (κ3) is 6.68. The van der Waals surface area contributed by atoms with Crippen LogP contribution in [-0.2, 0) is 19.6 Å². The van der Waals surface area contributed by atoms with Gasteiger partial charge in [0.05, 0.1) is 12.4 Å². The lowest BCUT2D eigenvalue weighted by Gasteiger charge is -2.14. The zero-order valence-electron chi connectivity index (χ0n) is 16.3. The number of rotatable bonds is 10. The molecule has 1 aromatic heterocycles. The van der Waals surface area contributed by atoms with Crippen molar-refractivity contribution in [3.05, 3.63) is 80.8 Å². The number of aliphatic hydroxyl groups is 1. The Balaban J connectivity index is 1.51. The van der Waals surface area contributed by atoms with Gasteiger partial charge in [0, 0.05) is 21.7 Å². The average Bonchev–Trinajstić information content (AvgIpc) is 3.15. The van der Waals surface area contributed by atoms with Crippen molar-refractivity contribution in [3.63, 3.8) is 0 Å². The highest BCUT2D eigenvalue weighted by molar-refractivity contribution is 9.11. The number of halogens is 2. The Labute approximate surface area is 192 Å². The van der Waals surface area contributed by atoms with Crippen LogP contribution in [0.25, 0.3) is 0 Å². The monoisotopic (exact) mass is 535 g/mol. The van der Waals surface area contributed by atoms with E-state index in [1.807, 2.05) is 42.5 Å². The first kappa shape index (κ1) is 22.5. The molecule has 2 aromatic carbocycles. The van der Waals surface area contributed by atoms with Gasteiger partial charge >= 0.3 is 0 Å². The predicted molar refractivity (Wildman–Crippen MR) is 122 cm³/mol.